The first kappa shape index (κ1) is 16.7. The van der Waals surface area contributed by atoms with Gasteiger partial charge in [0.2, 0.25) is 11.8 Å². The van der Waals surface area contributed by atoms with Gasteiger partial charge < -0.3 is 16.4 Å². The van der Waals surface area contributed by atoms with Crippen molar-refractivity contribution in [3.05, 3.63) is 52.2 Å². The maximum atomic E-state index is 11.8. The summed E-state index contributed by atoms with van der Waals surface area (Å²) in [5.41, 5.74) is 6.68. The van der Waals surface area contributed by atoms with E-state index in [1.54, 1.807) is 29.6 Å². The lowest BCUT2D eigenvalue weighted by molar-refractivity contribution is -0.116. The molecule has 0 atom stereocenters. The Morgan fingerprint density at radius 1 is 1.13 bits per heavy atom. The van der Waals surface area contributed by atoms with Gasteiger partial charge in [-0.05, 0) is 36.1 Å². The van der Waals surface area contributed by atoms with Crippen molar-refractivity contribution in [2.45, 2.75) is 12.8 Å². The van der Waals surface area contributed by atoms with Gasteiger partial charge in [-0.15, -0.1) is 0 Å². The molecule has 1 heterocycles. The summed E-state index contributed by atoms with van der Waals surface area (Å²) in [5, 5.41) is 9.06. The summed E-state index contributed by atoms with van der Waals surface area (Å²) in [7, 11) is 0. The molecule has 6 nitrogen and oxygen atoms in total. The summed E-state index contributed by atoms with van der Waals surface area (Å²) in [6, 6.07) is 8.19. The molecule has 23 heavy (non-hydrogen) atoms. The van der Waals surface area contributed by atoms with Gasteiger partial charge in [-0.25, -0.2) is 0 Å². The molecule has 4 N–H and O–H groups in total. The van der Waals surface area contributed by atoms with Crippen LogP contribution in [-0.4, -0.2) is 24.3 Å². The quantitative estimate of drug-likeness (QED) is 0.676. The molecule has 0 saturated carbocycles. The van der Waals surface area contributed by atoms with E-state index in [0.717, 1.165) is 0 Å². The number of hydrogen-bond donors (Lipinski definition) is 3. The van der Waals surface area contributed by atoms with E-state index in [-0.39, 0.29) is 18.2 Å². The molecule has 0 unspecified atom stereocenters. The number of hydrogen-bond acceptors (Lipinski definition) is 4. The molecule has 2 rings (SSSR count). The van der Waals surface area contributed by atoms with Gasteiger partial charge in [0.15, 0.2) is 0 Å². The van der Waals surface area contributed by atoms with Crippen molar-refractivity contribution in [2.75, 3.05) is 11.9 Å². The first-order chi connectivity index (χ1) is 11.1. The zero-order chi connectivity index (χ0) is 16.7. The van der Waals surface area contributed by atoms with Gasteiger partial charge in [-0.1, -0.05) is 6.07 Å². The molecule has 0 fully saturated rings. The van der Waals surface area contributed by atoms with Crippen molar-refractivity contribution in [2.24, 2.45) is 5.73 Å². The van der Waals surface area contributed by atoms with E-state index in [2.05, 4.69) is 10.6 Å². The third kappa shape index (κ3) is 5.23. The van der Waals surface area contributed by atoms with Crippen LogP contribution in [0.3, 0.4) is 0 Å². The van der Waals surface area contributed by atoms with Crippen LogP contribution < -0.4 is 16.4 Å². The maximum absolute atomic E-state index is 11.8. The van der Waals surface area contributed by atoms with Crippen molar-refractivity contribution < 1.29 is 14.4 Å². The van der Waals surface area contributed by atoms with Gasteiger partial charge in [0.05, 0.1) is 0 Å². The summed E-state index contributed by atoms with van der Waals surface area (Å²) < 4.78 is 0. The molecular weight excluding hydrogens is 314 g/mol. The van der Waals surface area contributed by atoms with Crippen molar-refractivity contribution in [1.82, 2.24) is 5.32 Å². The van der Waals surface area contributed by atoms with E-state index in [1.807, 2.05) is 5.38 Å². The molecule has 0 aliphatic rings. The second kappa shape index (κ2) is 8.09. The normalized spacial score (nSPS) is 10.1. The highest BCUT2D eigenvalue weighted by Gasteiger charge is 2.07. The Morgan fingerprint density at radius 3 is 2.65 bits per heavy atom. The molecule has 0 aliphatic heterocycles. The Morgan fingerprint density at radius 2 is 1.96 bits per heavy atom. The maximum Gasteiger partial charge on any atom is 0.252 e. The van der Waals surface area contributed by atoms with Crippen molar-refractivity contribution in [3.8, 4) is 0 Å². The van der Waals surface area contributed by atoms with Crippen LogP contribution >= 0.6 is 11.3 Å². The number of benzene rings is 1. The van der Waals surface area contributed by atoms with Crippen LogP contribution in [0, 0.1) is 0 Å². The Balaban J connectivity index is 1.72. The topological polar surface area (TPSA) is 101 Å². The SMILES string of the molecule is NC(=O)c1cccc(NC(=O)CCCNC(=O)c2ccsc2)c1. The molecule has 0 bridgehead atoms. The van der Waals surface area contributed by atoms with E-state index < -0.39 is 5.91 Å². The Hall–Kier alpha value is -2.67. The van der Waals surface area contributed by atoms with Crippen LogP contribution in [0.15, 0.2) is 41.1 Å². The Bertz CT molecular complexity index is 698. The fourth-order valence-electron chi connectivity index (χ4n) is 1.92. The largest absolute Gasteiger partial charge is 0.366 e. The summed E-state index contributed by atoms with van der Waals surface area (Å²) in [4.78, 5) is 34.6. The van der Waals surface area contributed by atoms with Gasteiger partial charge >= 0.3 is 0 Å². The predicted octanol–water partition coefficient (Wildman–Crippen LogP) is 2.00. The number of amides is 3. The third-order valence-electron chi connectivity index (χ3n) is 3.08. The van der Waals surface area contributed by atoms with E-state index in [9.17, 15) is 14.4 Å². The molecule has 0 saturated heterocycles. The zero-order valence-corrected chi connectivity index (χ0v) is 13.2. The number of nitrogens with two attached hydrogens (primary N) is 1. The highest BCUT2D eigenvalue weighted by atomic mass is 32.1. The van der Waals surface area contributed by atoms with Gasteiger partial charge in [0, 0.05) is 35.2 Å². The number of rotatable bonds is 7. The highest BCUT2D eigenvalue weighted by Crippen LogP contribution is 2.11. The summed E-state index contributed by atoms with van der Waals surface area (Å²) in [6.07, 6.45) is 0.794. The van der Waals surface area contributed by atoms with Gasteiger partial charge in [-0.3, -0.25) is 14.4 Å². The molecule has 1 aromatic heterocycles. The third-order valence-corrected chi connectivity index (χ3v) is 3.76. The second-order valence-corrected chi connectivity index (χ2v) is 5.64. The molecule has 0 spiro atoms. The van der Waals surface area contributed by atoms with E-state index >= 15 is 0 Å². The van der Waals surface area contributed by atoms with Crippen LogP contribution in [-0.2, 0) is 4.79 Å². The minimum Gasteiger partial charge on any atom is -0.366 e. The summed E-state index contributed by atoms with van der Waals surface area (Å²) >= 11 is 1.46. The number of anilines is 1. The minimum absolute atomic E-state index is 0.138. The van der Waals surface area contributed by atoms with Crippen LogP contribution in [0.2, 0.25) is 0 Å². The zero-order valence-electron chi connectivity index (χ0n) is 12.4. The average molecular weight is 331 g/mol. The van der Waals surface area contributed by atoms with Crippen LogP contribution in [0.1, 0.15) is 33.6 Å². The molecule has 7 heteroatoms. The van der Waals surface area contributed by atoms with E-state index in [4.69, 9.17) is 5.73 Å². The first-order valence-electron chi connectivity index (χ1n) is 7.06. The summed E-state index contributed by atoms with van der Waals surface area (Å²) in [5.74, 6) is -0.866. The lowest BCUT2D eigenvalue weighted by Crippen LogP contribution is -2.25. The van der Waals surface area contributed by atoms with E-state index in [0.29, 0.717) is 29.8 Å². The molecule has 1 aromatic carbocycles. The lowest BCUT2D eigenvalue weighted by Gasteiger charge is -2.07. The monoisotopic (exact) mass is 331 g/mol. The molecule has 3 amide bonds. The predicted molar refractivity (Wildman–Crippen MR) is 89.5 cm³/mol. The van der Waals surface area contributed by atoms with Crippen LogP contribution in [0.5, 0.6) is 0 Å². The Labute approximate surface area is 137 Å². The average Bonchev–Trinajstić information content (AvgIpc) is 3.06. The summed E-state index contributed by atoms with van der Waals surface area (Å²) in [6.45, 7) is 0.420. The van der Waals surface area contributed by atoms with Gasteiger partial charge in [0.1, 0.15) is 0 Å². The number of carbonyl (C=O) groups excluding carboxylic acids is 3. The van der Waals surface area contributed by atoms with Gasteiger partial charge in [0.25, 0.3) is 5.91 Å². The van der Waals surface area contributed by atoms with Crippen LogP contribution in [0.4, 0.5) is 5.69 Å². The number of nitrogens with one attached hydrogen (secondary N) is 2. The molecule has 0 aliphatic carbocycles. The van der Waals surface area contributed by atoms with Crippen molar-refractivity contribution in [1.29, 1.82) is 0 Å². The molecule has 0 radical (unpaired) electrons. The standard InChI is InChI=1S/C16H17N3O3S/c17-15(21)11-3-1-4-13(9-11)19-14(20)5-2-7-18-16(22)12-6-8-23-10-12/h1,3-4,6,8-10H,2,5,7H2,(H2,17,21)(H,18,22)(H,19,20). The van der Waals surface area contributed by atoms with Crippen molar-refractivity contribution in [3.63, 3.8) is 0 Å². The number of thiophene rings is 1. The molecule has 120 valence electrons. The molecular formula is C16H17N3O3S. The highest BCUT2D eigenvalue weighted by molar-refractivity contribution is 7.08. The van der Waals surface area contributed by atoms with Crippen molar-refractivity contribution >= 4 is 34.7 Å². The fraction of sp³-hybridized carbons (Fsp3) is 0.188. The first-order valence-corrected chi connectivity index (χ1v) is 8.00. The van der Waals surface area contributed by atoms with Crippen LogP contribution in [0.25, 0.3) is 0 Å². The molecule has 2 aromatic rings. The smallest absolute Gasteiger partial charge is 0.252 e. The number of primary amides is 1. The minimum atomic E-state index is -0.544. The van der Waals surface area contributed by atoms with Gasteiger partial charge in [-0.2, -0.15) is 11.3 Å². The number of carbonyl (C=O) groups is 3. The lowest BCUT2D eigenvalue weighted by atomic mass is 10.2. The van der Waals surface area contributed by atoms with E-state index in [1.165, 1.54) is 17.4 Å². The second-order valence-electron chi connectivity index (χ2n) is 4.86. The Kier molecular flexibility index (Phi) is 5.87. The fourth-order valence-corrected chi connectivity index (χ4v) is 2.56.